The van der Waals surface area contributed by atoms with Crippen molar-refractivity contribution in [2.45, 2.75) is 40.2 Å². The van der Waals surface area contributed by atoms with Crippen molar-refractivity contribution in [3.63, 3.8) is 0 Å². The number of rotatable bonds is 9. The lowest BCUT2D eigenvalue weighted by Crippen LogP contribution is -2.39. The SMILES string of the molecule is CCOc1ccc(C(C)NC(=NC)NCCc2ccncc2C)cc1OCC. The largest absolute Gasteiger partial charge is 0.490 e. The molecular weight excluding hydrogens is 352 g/mol. The number of guanidine groups is 1. The summed E-state index contributed by atoms with van der Waals surface area (Å²) in [7, 11) is 1.78. The molecule has 1 unspecified atom stereocenters. The molecule has 0 saturated heterocycles. The lowest BCUT2D eigenvalue weighted by Gasteiger charge is -2.20. The number of nitrogens with zero attached hydrogens (tertiary/aromatic N) is 2. The maximum absolute atomic E-state index is 5.73. The van der Waals surface area contributed by atoms with Gasteiger partial charge in [0, 0.05) is 26.0 Å². The number of pyridine rings is 1. The molecule has 1 atom stereocenters. The Morgan fingerprint density at radius 1 is 1.14 bits per heavy atom. The molecule has 0 radical (unpaired) electrons. The average molecular weight is 385 g/mol. The smallest absolute Gasteiger partial charge is 0.191 e. The number of aliphatic imine (C=N–C) groups is 1. The summed E-state index contributed by atoms with van der Waals surface area (Å²) in [6.07, 6.45) is 4.65. The van der Waals surface area contributed by atoms with Crippen molar-refractivity contribution in [3.8, 4) is 11.5 Å². The Morgan fingerprint density at radius 2 is 1.89 bits per heavy atom. The molecule has 0 aliphatic rings. The molecule has 0 fully saturated rings. The van der Waals surface area contributed by atoms with E-state index >= 15 is 0 Å². The van der Waals surface area contributed by atoms with Gasteiger partial charge in [-0.1, -0.05) is 6.07 Å². The molecular formula is C22H32N4O2. The van der Waals surface area contributed by atoms with Crippen LogP contribution >= 0.6 is 0 Å². The second kappa shape index (κ2) is 11.2. The van der Waals surface area contributed by atoms with Gasteiger partial charge in [-0.05, 0) is 69.0 Å². The number of hydrogen-bond acceptors (Lipinski definition) is 4. The molecule has 152 valence electrons. The van der Waals surface area contributed by atoms with Gasteiger partial charge in [0.05, 0.1) is 19.3 Å². The number of hydrogen-bond donors (Lipinski definition) is 2. The monoisotopic (exact) mass is 384 g/mol. The molecule has 28 heavy (non-hydrogen) atoms. The summed E-state index contributed by atoms with van der Waals surface area (Å²) in [6, 6.07) is 8.18. The van der Waals surface area contributed by atoms with Gasteiger partial charge in [0.25, 0.3) is 0 Å². The number of nitrogens with one attached hydrogen (secondary N) is 2. The van der Waals surface area contributed by atoms with Crippen LogP contribution in [-0.4, -0.2) is 37.7 Å². The highest BCUT2D eigenvalue weighted by Crippen LogP contribution is 2.30. The van der Waals surface area contributed by atoms with E-state index in [1.807, 2.05) is 38.4 Å². The molecule has 0 spiro atoms. The van der Waals surface area contributed by atoms with Crippen LogP contribution in [0.1, 0.15) is 43.5 Å². The second-order valence-electron chi connectivity index (χ2n) is 6.49. The first-order chi connectivity index (χ1) is 13.6. The summed E-state index contributed by atoms with van der Waals surface area (Å²) in [5, 5.41) is 6.81. The molecule has 0 aliphatic heterocycles. The molecule has 2 rings (SSSR count). The van der Waals surface area contributed by atoms with E-state index in [1.54, 1.807) is 7.05 Å². The predicted octanol–water partition coefficient (Wildman–Crippen LogP) is 3.66. The van der Waals surface area contributed by atoms with Crippen LogP contribution in [0.2, 0.25) is 0 Å². The Hall–Kier alpha value is -2.76. The van der Waals surface area contributed by atoms with Gasteiger partial charge >= 0.3 is 0 Å². The molecule has 1 aromatic heterocycles. The number of benzene rings is 1. The molecule has 0 saturated carbocycles. The fourth-order valence-corrected chi connectivity index (χ4v) is 2.92. The van der Waals surface area contributed by atoms with Gasteiger partial charge in [0.1, 0.15) is 0 Å². The highest BCUT2D eigenvalue weighted by atomic mass is 16.5. The molecule has 6 heteroatoms. The van der Waals surface area contributed by atoms with Crippen LogP contribution in [0, 0.1) is 6.92 Å². The minimum atomic E-state index is 0.0729. The van der Waals surface area contributed by atoms with Gasteiger partial charge in [-0.3, -0.25) is 9.98 Å². The predicted molar refractivity (Wildman–Crippen MR) is 114 cm³/mol. The Kier molecular flexibility index (Phi) is 8.59. The molecule has 0 amide bonds. The first kappa shape index (κ1) is 21.5. The third kappa shape index (κ3) is 6.15. The summed E-state index contributed by atoms with van der Waals surface area (Å²) >= 11 is 0. The van der Waals surface area contributed by atoms with Gasteiger partial charge in [-0.15, -0.1) is 0 Å². The van der Waals surface area contributed by atoms with Crippen molar-refractivity contribution >= 4 is 5.96 Å². The summed E-state index contributed by atoms with van der Waals surface area (Å²) in [6.45, 7) is 10.1. The van der Waals surface area contributed by atoms with Gasteiger partial charge in [0.15, 0.2) is 17.5 Å². The summed E-state index contributed by atoms with van der Waals surface area (Å²) in [5.41, 5.74) is 3.61. The van der Waals surface area contributed by atoms with E-state index in [-0.39, 0.29) is 6.04 Å². The minimum Gasteiger partial charge on any atom is -0.490 e. The lowest BCUT2D eigenvalue weighted by molar-refractivity contribution is 0.287. The summed E-state index contributed by atoms with van der Waals surface area (Å²) < 4.78 is 11.4. The van der Waals surface area contributed by atoms with Crippen LogP contribution < -0.4 is 20.1 Å². The topological polar surface area (TPSA) is 67.8 Å². The Morgan fingerprint density at radius 3 is 2.57 bits per heavy atom. The van der Waals surface area contributed by atoms with Gasteiger partial charge in [0.2, 0.25) is 0 Å². The van der Waals surface area contributed by atoms with E-state index in [9.17, 15) is 0 Å². The van der Waals surface area contributed by atoms with E-state index < -0.39 is 0 Å². The normalized spacial score (nSPS) is 12.4. The van der Waals surface area contributed by atoms with Crippen LogP contribution in [0.15, 0.2) is 41.7 Å². The zero-order chi connectivity index (χ0) is 20.4. The summed E-state index contributed by atoms with van der Waals surface area (Å²) in [4.78, 5) is 8.48. The standard InChI is InChI=1S/C22H32N4O2/c1-6-27-20-9-8-19(14-21(20)28-7-2)17(4)26-22(23-5)25-13-11-18-10-12-24-15-16(18)3/h8-10,12,14-15,17H,6-7,11,13H2,1-5H3,(H2,23,25,26). The first-order valence-electron chi connectivity index (χ1n) is 9.85. The molecule has 2 N–H and O–H groups in total. The van der Waals surface area contributed by atoms with E-state index in [2.05, 4.69) is 46.6 Å². The Bertz CT molecular complexity index is 777. The number of aryl methyl sites for hydroxylation is 1. The molecule has 1 heterocycles. The number of ether oxygens (including phenoxy) is 2. The van der Waals surface area contributed by atoms with Gasteiger partial charge < -0.3 is 20.1 Å². The van der Waals surface area contributed by atoms with E-state index in [4.69, 9.17) is 9.47 Å². The van der Waals surface area contributed by atoms with Crippen molar-refractivity contribution in [1.82, 2.24) is 15.6 Å². The van der Waals surface area contributed by atoms with Crippen molar-refractivity contribution < 1.29 is 9.47 Å². The van der Waals surface area contributed by atoms with Crippen molar-refractivity contribution in [3.05, 3.63) is 53.3 Å². The maximum atomic E-state index is 5.73. The lowest BCUT2D eigenvalue weighted by atomic mass is 10.1. The van der Waals surface area contributed by atoms with Crippen molar-refractivity contribution in [2.24, 2.45) is 4.99 Å². The molecule has 6 nitrogen and oxygen atoms in total. The fraction of sp³-hybridized carbons (Fsp3) is 0.455. The van der Waals surface area contributed by atoms with Crippen LogP contribution in [0.3, 0.4) is 0 Å². The Balaban J connectivity index is 1.96. The van der Waals surface area contributed by atoms with Crippen molar-refractivity contribution in [1.29, 1.82) is 0 Å². The van der Waals surface area contributed by atoms with Crippen LogP contribution in [-0.2, 0) is 6.42 Å². The van der Waals surface area contributed by atoms with Crippen LogP contribution in [0.4, 0.5) is 0 Å². The molecule has 2 aromatic rings. The zero-order valence-corrected chi connectivity index (χ0v) is 17.6. The molecule has 0 aliphatic carbocycles. The quantitative estimate of drug-likeness (QED) is 0.510. The second-order valence-corrected chi connectivity index (χ2v) is 6.49. The van der Waals surface area contributed by atoms with Gasteiger partial charge in [-0.2, -0.15) is 0 Å². The zero-order valence-electron chi connectivity index (χ0n) is 17.6. The van der Waals surface area contributed by atoms with E-state index in [1.165, 1.54) is 11.1 Å². The highest BCUT2D eigenvalue weighted by Gasteiger charge is 2.12. The van der Waals surface area contributed by atoms with Crippen molar-refractivity contribution in [2.75, 3.05) is 26.8 Å². The van der Waals surface area contributed by atoms with Crippen LogP contribution in [0.25, 0.3) is 0 Å². The third-order valence-electron chi connectivity index (χ3n) is 4.47. The first-order valence-corrected chi connectivity index (χ1v) is 9.85. The molecule has 0 bridgehead atoms. The minimum absolute atomic E-state index is 0.0729. The highest BCUT2D eigenvalue weighted by molar-refractivity contribution is 5.80. The van der Waals surface area contributed by atoms with Gasteiger partial charge in [-0.25, -0.2) is 0 Å². The molecule has 1 aromatic carbocycles. The van der Waals surface area contributed by atoms with Crippen LogP contribution in [0.5, 0.6) is 11.5 Å². The fourth-order valence-electron chi connectivity index (χ4n) is 2.92. The van der Waals surface area contributed by atoms with E-state index in [0.717, 1.165) is 36.0 Å². The summed E-state index contributed by atoms with van der Waals surface area (Å²) in [5.74, 6) is 2.31. The average Bonchev–Trinajstić information content (AvgIpc) is 2.70. The number of aromatic nitrogens is 1. The Labute approximate surface area is 168 Å². The third-order valence-corrected chi connectivity index (χ3v) is 4.47. The van der Waals surface area contributed by atoms with E-state index in [0.29, 0.717) is 13.2 Å². The maximum Gasteiger partial charge on any atom is 0.191 e.